The zero-order chi connectivity index (χ0) is 10.1. The molecule has 1 aromatic carbocycles. The molecular weight excluding hydrogens is 182 g/mol. The summed E-state index contributed by atoms with van der Waals surface area (Å²) in [5.74, 6) is -1.30. The van der Waals surface area contributed by atoms with Crippen LogP contribution < -0.4 is 5.11 Å². The van der Waals surface area contributed by atoms with Crippen LogP contribution >= 0.6 is 0 Å². The van der Waals surface area contributed by atoms with E-state index in [0.717, 1.165) is 12.0 Å². The van der Waals surface area contributed by atoms with Crippen molar-refractivity contribution in [3.63, 3.8) is 0 Å². The van der Waals surface area contributed by atoms with E-state index in [2.05, 4.69) is 5.16 Å². The first kappa shape index (κ1) is 8.74. The first-order valence-electron chi connectivity index (χ1n) is 4.32. The fraction of sp³-hybridized carbons (Fsp3) is 0.200. The van der Waals surface area contributed by atoms with Gasteiger partial charge in [-0.25, -0.2) is 0 Å². The highest BCUT2D eigenvalue weighted by Gasteiger charge is 2.11. The van der Waals surface area contributed by atoms with E-state index in [9.17, 15) is 9.90 Å². The lowest BCUT2D eigenvalue weighted by Crippen LogP contribution is -2.23. The van der Waals surface area contributed by atoms with E-state index in [1.807, 2.05) is 19.1 Å². The number of fused-ring (bicyclic) bond motifs is 1. The zero-order valence-electron chi connectivity index (χ0n) is 7.61. The van der Waals surface area contributed by atoms with Gasteiger partial charge >= 0.3 is 0 Å². The summed E-state index contributed by atoms with van der Waals surface area (Å²) in [5, 5.41) is 14.7. The molecule has 0 unspecified atom stereocenters. The maximum Gasteiger partial charge on any atom is 0.167 e. The maximum atomic E-state index is 10.7. The van der Waals surface area contributed by atoms with Gasteiger partial charge in [-0.15, -0.1) is 0 Å². The molecule has 0 aliphatic heterocycles. The Morgan fingerprint density at radius 3 is 3.00 bits per heavy atom. The summed E-state index contributed by atoms with van der Waals surface area (Å²) in [5.41, 5.74) is 1.28. The number of hydrogen-bond donors (Lipinski definition) is 0. The first-order chi connectivity index (χ1) is 6.74. The fourth-order valence-electron chi connectivity index (χ4n) is 1.50. The Bertz CT molecular complexity index is 487. The van der Waals surface area contributed by atoms with Gasteiger partial charge in [0.15, 0.2) is 5.58 Å². The Balaban J connectivity index is 2.81. The molecule has 0 saturated carbocycles. The molecule has 0 fully saturated rings. The molecule has 1 aromatic heterocycles. The Kier molecular flexibility index (Phi) is 1.96. The van der Waals surface area contributed by atoms with Crippen molar-refractivity contribution in [2.45, 2.75) is 13.3 Å². The first-order valence-corrected chi connectivity index (χ1v) is 4.32. The normalized spacial score (nSPS) is 10.6. The van der Waals surface area contributed by atoms with Crippen LogP contribution in [0.4, 0.5) is 0 Å². The van der Waals surface area contributed by atoms with Crippen molar-refractivity contribution in [2.75, 3.05) is 0 Å². The molecule has 4 heteroatoms. The SMILES string of the molecule is CCc1cccc2onc(C(=O)[O-])c12. The summed E-state index contributed by atoms with van der Waals surface area (Å²) in [6.45, 7) is 1.95. The lowest BCUT2D eigenvalue weighted by Gasteiger charge is -2.00. The molecule has 2 rings (SSSR count). The Morgan fingerprint density at radius 1 is 1.57 bits per heavy atom. The molecule has 0 N–H and O–H groups in total. The average Bonchev–Trinajstić information content (AvgIpc) is 2.60. The molecule has 0 spiro atoms. The number of aromatic nitrogens is 1. The predicted octanol–water partition coefficient (Wildman–Crippen LogP) is 0.754. The third-order valence-electron chi connectivity index (χ3n) is 2.16. The van der Waals surface area contributed by atoms with Crippen LogP contribution in [0, 0.1) is 0 Å². The molecule has 0 amide bonds. The molecule has 0 atom stereocenters. The van der Waals surface area contributed by atoms with Gasteiger partial charge in [-0.2, -0.15) is 0 Å². The summed E-state index contributed by atoms with van der Waals surface area (Å²) in [7, 11) is 0. The van der Waals surface area contributed by atoms with Crippen LogP contribution in [0.3, 0.4) is 0 Å². The van der Waals surface area contributed by atoms with Gasteiger partial charge < -0.3 is 14.4 Å². The average molecular weight is 190 g/mol. The third kappa shape index (κ3) is 1.16. The van der Waals surface area contributed by atoms with Gasteiger partial charge in [-0.1, -0.05) is 24.2 Å². The Hall–Kier alpha value is -1.84. The van der Waals surface area contributed by atoms with E-state index in [1.54, 1.807) is 6.07 Å². The number of carboxylic acids is 1. The molecule has 0 radical (unpaired) electrons. The summed E-state index contributed by atoms with van der Waals surface area (Å²) in [6, 6.07) is 5.35. The summed E-state index contributed by atoms with van der Waals surface area (Å²) >= 11 is 0. The van der Waals surface area contributed by atoms with Gasteiger partial charge in [-0.05, 0) is 18.1 Å². The molecule has 0 bridgehead atoms. The number of nitrogens with zero attached hydrogens (tertiary/aromatic N) is 1. The van der Waals surface area contributed by atoms with Crippen LogP contribution in [-0.2, 0) is 6.42 Å². The number of rotatable bonds is 2. The van der Waals surface area contributed by atoms with Crippen LogP contribution in [0.15, 0.2) is 22.7 Å². The quantitative estimate of drug-likeness (QED) is 0.700. The van der Waals surface area contributed by atoms with Gasteiger partial charge in [0.2, 0.25) is 0 Å². The molecular formula is C10H8NO3-. The topological polar surface area (TPSA) is 66.2 Å². The predicted molar refractivity (Wildman–Crippen MR) is 47.7 cm³/mol. The molecule has 1 heterocycles. The number of hydrogen-bond acceptors (Lipinski definition) is 4. The van der Waals surface area contributed by atoms with Crippen LogP contribution in [0.2, 0.25) is 0 Å². The van der Waals surface area contributed by atoms with Crippen LogP contribution in [-0.4, -0.2) is 11.1 Å². The van der Waals surface area contributed by atoms with Crippen molar-refractivity contribution in [3.8, 4) is 0 Å². The highest BCUT2D eigenvalue weighted by atomic mass is 16.5. The minimum atomic E-state index is -1.30. The van der Waals surface area contributed by atoms with Gasteiger partial charge in [0, 0.05) is 0 Å². The molecule has 72 valence electrons. The van der Waals surface area contributed by atoms with E-state index >= 15 is 0 Å². The van der Waals surface area contributed by atoms with E-state index in [-0.39, 0.29) is 5.69 Å². The van der Waals surface area contributed by atoms with E-state index in [1.165, 1.54) is 0 Å². The second-order valence-corrected chi connectivity index (χ2v) is 2.96. The van der Waals surface area contributed by atoms with Crippen molar-refractivity contribution < 1.29 is 14.4 Å². The highest BCUT2D eigenvalue weighted by Crippen LogP contribution is 2.22. The van der Waals surface area contributed by atoms with Crippen molar-refractivity contribution >= 4 is 16.9 Å². The van der Waals surface area contributed by atoms with Crippen molar-refractivity contribution in [1.82, 2.24) is 5.16 Å². The van der Waals surface area contributed by atoms with Crippen LogP contribution in [0.1, 0.15) is 23.0 Å². The van der Waals surface area contributed by atoms with E-state index in [4.69, 9.17) is 4.52 Å². The maximum absolute atomic E-state index is 10.7. The lowest BCUT2D eigenvalue weighted by molar-refractivity contribution is -0.255. The number of carbonyl (C=O) groups is 1. The van der Waals surface area contributed by atoms with E-state index < -0.39 is 5.97 Å². The minimum Gasteiger partial charge on any atom is -0.543 e. The molecule has 0 aliphatic rings. The number of benzene rings is 1. The number of carbonyl (C=O) groups excluding carboxylic acids is 1. The number of aryl methyl sites for hydroxylation is 1. The van der Waals surface area contributed by atoms with Gasteiger partial charge in [-0.3, -0.25) is 0 Å². The third-order valence-corrected chi connectivity index (χ3v) is 2.16. The van der Waals surface area contributed by atoms with E-state index in [0.29, 0.717) is 11.0 Å². The molecule has 0 saturated heterocycles. The zero-order valence-corrected chi connectivity index (χ0v) is 7.61. The standard InChI is InChI=1S/C10H9NO3/c1-2-6-4-3-5-7-8(6)9(10(12)13)11-14-7/h3-5H,2H2,1H3,(H,12,13)/p-1. The monoisotopic (exact) mass is 190 g/mol. The highest BCUT2D eigenvalue weighted by molar-refractivity contribution is 6.00. The second kappa shape index (κ2) is 3.14. The second-order valence-electron chi connectivity index (χ2n) is 2.96. The van der Waals surface area contributed by atoms with Crippen molar-refractivity contribution in [2.24, 2.45) is 0 Å². The van der Waals surface area contributed by atoms with Crippen molar-refractivity contribution in [1.29, 1.82) is 0 Å². The smallest absolute Gasteiger partial charge is 0.167 e. The van der Waals surface area contributed by atoms with Gasteiger partial charge in [0.05, 0.1) is 11.4 Å². The molecule has 0 aliphatic carbocycles. The molecule has 4 nitrogen and oxygen atoms in total. The van der Waals surface area contributed by atoms with Crippen molar-refractivity contribution in [3.05, 3.63) is 29.5 Å². The van der Waals surface area contributed by atoms with Gasteiger partial charge in [0.25, 0.3) is 0 Å². The largest absolute Gasteiger partial charge is 0.543 e. The van der Waals surface area contributed by atoms with Gasteiger partial charge in [0.1, 0.15) is 5.69 Å². The van der Waals surface area contributed by atoms with Crippen LogP contribution in [0.5, 0.6) is 0 Å². The van der Waals surface area contributed by atoms with Crippen LogP contribution in [0.25, 0.3) is 11.0 Å². The summed E-state index contributed by atoms with van der Waals surface area (Å²) in [6.07, 6.45) is 0.735. The molecule has 14 heavy (non-hydrogen) atoms. The molecule has 2 aromatic rings. The lowest BCUT2D eigenvalue weighted by atomic mass is 10.1. The fourth-order valence-corrected chi connectivity index (χ4v) is 1.50. The number of aromatic carboxylic acids is 1. The summed E-state index contributed by atoms with van der Waals surface area (Å²) < 4.78 is 4.88. The minimum absolute atomic E-state index is 0.113. The Labute approximate surface area is 80.1 Å². The number of carboxylic acid groups (broad SMARTS) is 1. The summed E-state index contributed by atoms with van der Waals surface area (Å²) in [4.78, 5) is 10.7. The Morgan fingerprint density at radius 2 is 2.36 bits per heavy atom.